The summed E-state index contributed by atoms with van der Waals surface area (Å²) in [4.78, 5) is 27.4. The van der Waals surface area contributed by atoms with Gasteiger partial charge in [0, 0.05) is 19.2 Å². The van der Waals surface area contributed by atoms with Crippen molar-refractivity contribution in [3.05, 3.63) is 52.3 Å². The van der Waals surface area contributed by atoms with Gasteiger partial charge in [-0.05, 0) is 29.4 Å². The molecule has 0 bridgehead atoms. The van der Waals surface area contributed by atoms with Gasteiger partial charge in [-0.15, -0.1) is 4.91 Å². The largest absolute Gasteiger partial charge is 0.274 e. The highest BCUT2D eigenvalue weighted by molar-refractivity contribution is 6.34. The average Bonchev–Trinajstić information content (AvgIpc) is 2.43. The quantitative estimate of drug-likeness (QED) is 0.805. The van der Waals surface area contributed by atoms with Crippen molar-refractivity contribution in [1.82, 2.24) is 4.98 Å². The van der Waals surface area contributed by atoms with Crippen molar-refractivity contribution in [2.45, 2.75) is 6.92 Å². The third kappa shape index (κ3) is 2.80. The lowest BCUT2D eigenvalue weighted by Gasteiger charge is -2.21. The SMILES string of the molecule is CC(=O)N(c1cc(N=O)ccn1)c1cc(F)ccc1Cl. The summed E-state index contributed by atoms with van der Waals surface area (Å²) in [5.41, 5.74) is 0.253. The summed E-state index contributed by atoms with van der Waals surface area (Å²) in [6.07, 6.45) is 1.33. The number of benzene rings is 1. The van der Waals surface area contributed by atoms with Gasteiger partial charge in [0.1, 0.15) is 17.3 Å². The Bertz CT molecular complexity index is 678. The van der Waals surface area contributed by atoms with Crippen LogP contribution in [-0.2, 0) is 4.79 Å². The molecule has 0 unspecified atom stereocenters. The minimum Gasteiger partial charge on any atom is -0.274 e. The zero-order valence-electron chi connectivity index (χ0n) is 10.4. The van der Waals surface area contributed by atoms with Gasteiger partial charge in [-0.2, -0.15) is 0 Å². The molecule has 2 rings (SSSR count). The molecule has 0 aliphatic heterocycles. The Morgan fingerprint density at radius 3 is 2.75 bits per heavy atom. The van der Waals surface area contributed by atoms with Crippen molar-refractivity contribution in [3.8, 4) is 0 Å². The number of anilines is 2. The summed E-state index contributed by atoms with van der Waals surface area (Å²) in [6.45, 7) is 1.28. The number of halogens is 2. The van der Waals surface area contributed by atoms with Gasteiger partial charge in [0.15, 0.2) is 0 Å². The molecule has 0 aliphatic rings. The Morgan fingerprint density at radius 1 is 1.35 bits per heavy atom. The second-order valence-corrected chi connectivity index (χ2v) is 4.32. The van der Waals surface area contributed by atoms with Crippen LogP contribution in [0.15, 0.2) is 41.7 Å². The number of nitrogens with zero attached hydrogens (tertiary/aromatic N) is 3. The van der Waals surface area contributed by atoms with Gasteiger partial charge in [-0.1, -0.05) is 11.6 Å². The molecular formula is C13H9ClFN3O2. The van der Waals surface area contributed by atoms with Crippen LogP contribution >= 0.6 is 11.6 Å². The molecule has 2 aromatic rings. The van der Waals surface area contributed by atoms with Crippen LogP contribution in [-0.4, -0.2) is 10.9 Å². The maximum Gasteiger partial charge on any atom is 0.229 e. The summed E-state index contributed by atoms with van der Waals surface area (Å²) < 4.78 is 13.3. The fraction of sp³-hybridized carbons (Fsp3) is 0.0769. The molecule has 0 radical (unpaired) electrons. The fourth-order valence-electron chi connectivity index (χ4n) is 1.70. The highest BCUT2D eigenvalue weighted by atomic mass is 35.5. The number of pyridine rings is 1. The molecule has 0 spiro atoms. The lowest BCUT2D eigenvalue weighted by atomic mass is 10.2. The van der Waals surface area contributed by atoms with E-state index in [2.05, 4.69) is 10.2 Å². The van der Waals surface area contributed by atoms with Crippen LogP contribution < -0.4 is 4.90 Å². The monoisotopic (exact) mass is 293 g/mol. The number of rotatable bonds is 3. The van der Waals surface area contributed by atoms with E-state index in [-0.39, 0.29) is 22.2 Å². The summed E-state index contributed by atoms with van der Waals surface area (Å²) in [5, 5.41) is 2.96. The third-order valence-corrected chi connectivity index (χ3v) is 2.85. The van der Waals surface area contributed by atoms with Crippen molar-refractivity contribution in [1.29, 1.82) is 0 Å². The van der Waals surface area contributed by atoms with E-state index in [1.807, 2.05) is 0 Å². The van der Waals surface area contributed by atoms with Crippen LogP contribution in [0.1, 0.15) is 6.92 Å². The number of aromatic nitrogens is 1. The summed E-state index contributed by atoms with van der Waals surface area (Å²) in [7, 11) is 0. The van der Waals surface area contributed by atoms with E-state index < -0.39 is 11.7 Å². The van der Waals surface area contributed by atoms with E-state index in [4.69, 9.17) is 11.6 Å². The zero-order chi connectivity index (χ0) is 14.7. The number of nitroso groups, excluding NO2 is 1. The average molecular weight is 294 g/mol. The van der Waals surface area contributed by atoms with Gasteiger partial charge in [0.05, 0.1) is 10.7 Å². The van der Waals surface area contributed by atoms with E-state index in [1.54, 1.807) is 0 Å². The molecule has 1 amide bonds. The van der Waals surface area contributed by atoms with E-state index >= 15 is 0 Å². The van der Waals surface area contributed by atoms with Gasteiger partial charge in [-0.3, -0.25) is 9.69 Å². The first kappa shape index (κ1) is 14.1. The maximum absolute atomic E-state index is 13.3. The van der Waals surface area contributed by atoms with E-state index in [0.717, 1.165) is 11.0 Å². The molecule has 0 N–H and O–H groups in total. The van der Waals surface area contributed by atoms with E-state index in [1.165, 1.54) is 37.4 Å². The molecule has 1 aromatic carbocycles. The first-order chi connectivity index (χ1) is 9.52. The molecule has 0 saturated carbocycles. The lowest BCUT2D eigenvalue weighted by Crippen LogP contribution is -2.24. The lowest BCUT2D eigenvalue weighted by molar-refractivity contribution is -0.115. The second-order valence-electron chi connectivity index (χ2n) is 3.91. The first-order valence-electron chi connectivity index (χ1n) is 5.58. The maximum atomic E-state index is 13.3. The fourth-order valence-corrected chi connectivity index (χ4v) is 1.90. The highest BCUT2D eigenvalue weighted by Gasteiger charge is 2.19. The van der Waals surface area contributed by atoms with Crippen LogP contribution in [0, 0.1) is 10.7 Å². The van der Waals surface area contributed by atoms with Crippen LogP contribution in [0.3, 0.4) is 0 Å². The standard InChI is InChI=1S/C13H9ClFN3O2/c1-8(19)18(12-6-9(15)2-3-11(12)14)13-7-10(17-20)4-5-16-13/h2-7H,1H3. The third-order valence-electron chi connectivity index (χ3n) is 2.53. The Hall–Kier alpha value is -2.34. The zero-order valence-corrected chi connectivity index (χ0v) is 11.1. The Morgan fingerprint density at radius 2 is 2.10 bits per heavy atom. The molecule has 5 nitrogen and oxygen atoms in total. The number of carbonyl (C=O) groups excluding carboxylic acids is 1. The van der Waals surface area contributed by atoms with Crippen LogP contribution in [0.2, 0.25) is 5.02 Å². The highest BCUT2D eigenvalue weighted by Crippen LogP contribution is 2.32. The van der Waals surface area contributed by atoms with Gasteiger partial charge < -0.3 is 0 Å². The number of hydrogen-bond donors (Lipinski definition) is 0. The summed E-state index contributed by atoms with van der Waals surface area (Å²) in [5.74, 6) is -0.824. The van der Waals surface area contributed by atoms with Gasteiger partial charge in [0.2, 0.25) is 5.91 Å². The van der Waals surface area contributed by atoms with Gasteiger partial charge in [-0.25, -0.2) is 9.37 Å². The predicted octanol–water partition coefficient (Wildman–Crippen LogP) is 3.96. The normalized spacial score (nSPS) is 10.2. The minimum absolute atomic E-state index is 0.105. The molecule has 0 atom stereocenters. The van der Waals surface area contributed by atoms with Crippen molar-refractivity contribution in [3.63, 3.8) is 0 Å². The number of carbonyl (C=O) groups is 1. The topological polar surface area (TPSA) is 62.6 Å². The molecule has 0 aliphatic carbocycles. The Kier molecular flexibility index (Phi) is 4.05. The smallest absolute Gasteiger partial charge is 0.229 e. The Labute approximate surface area is 119 Å². The molecule has 102 valence electrons. The molecule has 1 aromatic heterocycles. The molecular weight excluding hydrogens is 285 g/mol. The van der Waals surface area contributed by atoms with E-state index in [0.29, 0.717) is 0 Å². The van der Waals surface area contributed by atoms with Crippen LogP contribution in [0.25, 0.3) is 0 Å². The van der Waals surface area contributed by atoms with Crippen molar-refractivity contribution >= 4 is 34.7 Å². The molecule has 1 heterocycles. The van der Waals surface area contributed by atoms with Gasteiger partial charge >= 0.3 is 0 Å². The molecule has 7 heteroatoms. The van der Waals surface area contributed by atoms with Crippen molar-refractivity contribution in [2.75, 3.05) is 4.90 Å². The predicted molar refractivity (Wildman–Crippen MR) is 73.9 cm³/mol. The molecule has 0 saturated heterocycles. The summed E-state index contributed by atoms with van der Waals surface area (Å²) in [6, 6.07) is 6.34. The van der Waals surface area contributed by atoms with Crippen molar-refractivity contribution < 1.29 is 9.18 Å². The second kappa shape index (κ2) is 5.75. The number of hydrogen-bond acceptors (Lipinski definition) is 4. The van der Waals surface area contributed by atoms with Gasteiger partial charge in [0.25, 0.3) is 0 Å². The van der Waals surface area contributed by atoms with E-state index in [9.17, 15) is 14.1 Å². The van der Waals surface area contributed by atoms with Crippen LogP contribution in [0.4, 0.5) is 21.6 Å². The van der Waals surface area contributed by atoms with Crippen LogP contribution in [0.5, 0.6) is 0 Å². The first-order valence-corrected chi connectivity index (χ1v) is 5.96. The Balaban J connectivity index is 2.59. The minimum atomic E-state index is -0.541. The molecule has 20 heavy (non-hydrogen) atoms. The van der Waals surface area contributed by atoms with Crippen molar-refractivity contribution in [2.24, 2.45) is 5.18 Å². The number of amides is 1. The summed E-state index contributed by atoms with van der Waals surface area (Å²) >= 11 is 5.99. The molecule has 0 fully saturated rings.